The van der Waals surface area contributed by atoms with E-state index in [1.54, 1.807) is 30.8 Å². The second-order valence-corrected chi connectivity index (χ2v) is 9.08. The fraction of sp³-hybridized carbons (Fsp3) is 0.143. The van der Waals surface area contributed by atoms with Gasteiger partial charge >= 0.3 is 5.97 Å². The van der Waals surface area contributed by atoms with Crippen LogP contribution < -0.4 is 14.9 Å². The Labute approximate surface area is 206 Å². The lowest BCUT2D eigenvalue weighted by Gasteiger charge is -2.24. The molecule has 2 aromatic heterocycles. The normalized spacial score (nSPS) is 15.5. The van der Waals surface area contributed by atoms with Crippen molar-refractivity contribution < 1.29 is 9.53 Å². The summed E-state index contributed by atoms with van der Waals surface area (Å²) in [6.45, 7) is 3.79. The van der Waals surface area contributed by atoms with Crippen molar-refractivity contribution in [2.45, 2.75) is 19.9 Å². The third-order valence-electron chi connectivity index (χ3n) is 5.85. The molecule has 3 heterocycles. The van der Waals surface area contributed by atoms with Crippen LogP contribution in [0.15, 0.2) is 100 Å². The third kappa shape index (κ3) is 4.38. The summed E-state index contributed by atoms with van der Waals surface area (Å²) in [4.78, 5) is 35.9. The van der Waals surface area contributed by atoms with E-state index in [-0.39, 0.29) is 12.2 Å². The minimum Gasteiger partial charge on any atom is -0.463 e. The number of allylic oxidation sites excluding steroid dienone is 1. The van der Waals surface area contributed by atoms with E-state index in [2.05, 4.69) is 9.98 Å². The molecule has 1 unspecified atom stereocenters. The highest BCUT2D eigenvalue weighted by atomic mass is 32.1. The molecule has 2 aromatic carbocycles. The van der Waals surface area contributed by atoms with E-state index in [1.807, 2.05) is 72.8 Å². The van der Waals surface area contributed by atoms with Gasteiger partial charge in [0.15, 0.2) is 4.80 Å². The van der Waals surface area contributed by atoms with Crippen molar-refractivity contribution in [3.05, 3.63) is 121 Å². The summed E-state index contributed by atoms with van der Waals surface area (Å²) in [6, 6.07) is 21.1. The SMILES string of the molecule is CCOC(=O)C1=C(C)N=c2s/c(=C\c3ccncc3)c(=O)n2C1c1ccc(-c2ccccc2)cc1. The Kier molecular flexibility index (Phi) is 6.25. The number of carbonyl (C=O) groups is 1. The summed E-state index contributed by atoms with van der Waals surface area (Å²) in [6.07, 6.45) is 5.19. The highest BCUT2D eigenvalue weighted by molar-refractivity contribution is 7.07. The Morgan fingerprint density at radius 1 is 1.03 bits per heavy atom. The van der Waals surface area contributed by atoms with Gasteiger partial charge < -0.3 is 4.74 Å². The van der Waals surface area contributed by atoms with Crippen LogP contribution in [0.3, 0.4) is 0 Å². The number of esters is 1. The van der Waals surface area contributed by atoms with Gasteiger partial charge in [-0.05, 0) is 54.3 Å². The maximum absolute atomic E-state index is 13.6. The van der Waals surface area contributed by atoms with Gasteiger partial charge in [0.2, 0.25) is 0 Å². The zero-order valence-electron chi connectivity index (χ0n) is 19.3. The number of rotatable bonds is 5. The molecule has 1 atom stereocenters. The number of benzene rings is 2. The van der Waals surface area contributed by atoms with Gasteiger partial charge in [-0.25, -0.2) is 9.79 Å². The molecular weight excluding hydrogens is 458 g/mol. The van der Waals surface area contributed by atoms with Crippen LogP contribution >= 0.6 is 11.3 Å². The molecule has 0 bridgehead atoms. The van der Waals surface area contributed by atoms with Crippen LogP contribution in [0.5, 0.6) is 0 Å². The summed E-state index contributed by atoms with van der Waals surface area (Å²) < 4.78 is 7.52. The third-order valence-corrected chi connectivity index (χ3v) is 6.84. The van der Waals surface area contributed by atoms with Crippen LogP contribution in [-0.4, -0.2) is 22.1 Å². The van der Waals surface area contributed by atoms with Crippen LogP contribution in [0.2, 0.25) is 0 Å². The maximum atomic E-state index is 13.6. The fourth-order valence-corrected chi connectivity index (χ4v) is 5.25. The van der Waals surface area contributed by atoms with Crippen molar-refractivity contribution in [2.75, 3.05) is 6.61 Å². The number of aromatic nitrogens is 2. The second kappa shape index (κ2) is 9.64. The average molecular weight is 482 g/mol. The molecule has 174 valence electrons. The number of hydrogen-bond acceptors (Lipinski definition) is 6. The lowest BCUT2D eigenvalue weighted by atomic mass is 9.94. The zero-order chi connectivity index (χ0) is 24.4. The van der Waals surface area contributed by atoms with E-state index < -0.39 is 12.0 Å². The lowest BCUT2D eigenvalue weighted by Crippen LogP contribution is -2.39. The summed E-state index contributed by atoms with van der Waals surface area (Å²) in [5, 5.41) is 0. The molecule has 4 aromatic rings. The quantitative estimate of drug-likeness (QED) is 0.406. The number of thiazole rings is 1. The number of nitrogens with zero attached hydrogens (tertiary/aromatic N) is 3. The van der Waals surface area contributed by atoms with Crippen molar-refractivity contribution >= 4 is 23.4 Å². The Balaban J connectivity index is 1.68. The molecule has 1 aliphatic rings. The molecule has 0 spiro atoms. The van der Waals surface area contributed by atoms with E-state index in [4.69, 9.17) is 4.74 Å². The minimum absolute atomic E-state index is 0.197. The van der Waals surface area contributed by atoms with Gasteiger partial charge in [0.05, 0.1) is 28.5 Å². The van der Waals surface area contributed by atoms with Gasteiger partial charge in [0, 0.05) is 12.4 Å². The molecule has 0 radical (unpaired) electrons. The van der Waals surface area contributed by atoms with Gasteiger partial charge in [0.25, 0.3) is 5.56 Å². The van der Waals surface area contributed by atoms with E-state index in [1.165, 1.54) is 11.3 Å². The molecule has 0 amide bonds. The van der Waals surface area contributed by atoms with E-state index in [9.17, 15) is 9.59 Å². The number of fused-ring (bicyclic) bond motifs is 1. The highest BCUT2D eigenvalue weighted by Gasteiger charge is 2.33. The molecule has 35 heavy (non-hydrogen) atoms. The van der Waals surface area contributed by atoms with Gasteiger partial charge in [-0.15, -0.1) is 0 Å². The lowest BCUT2D eigenvalue weighted by molar-refractivity contribution is -0.139. The molecule has 5 rings (SSSR count). The Bertz CT molecular complexity index is 1590. The average Bonchev–Trinajstić information content (AvgIpc) is 3.18. The van der Waals surface area contributed by atoms with Crippen molar-refractivity contribution in [1.82, 2.24) is 9.55 Å². The van der Waals surface area contributed by atoms with Gasteiger partial charge in [-0.1, -0.05) is 65.9 Å². The van der Waals surface area contributed by atoms with Crippen LogP contribution in [0.4, 0.5) is 0 Å². The predicted octanol–water partition coefficient (Wildman–Crippen LogP) is 3.86. The first kappa shape index (κ1) is 22.7. The number of ether oxygens (including phenoxy) is 1. The van der Waals surface area contributed by atoms with Crippen LogP contribution in [0.25, 0.3) is 17.2 Å². The Morgan fingerprint density at radius 2 is 1.71 bits per heavy atom. The first-order valence-electron chi connectivity index (χ1n) is 11.3. The largest absolute Gasteiger partial charge is 0.463 e. The number of hydrogen-bond donors (Lipinski definition) is 0. The van der Waals surface area contributed by atoms with E-state index in [0.29, 0.717) is 20.6 Å². The summed E-state index contributed by atoms with van der Waals surface area (Å²) in [5.74, 6) is -0.464. The minimum atomic E-state index is -0.630. The zero-order valence-corrected chi connectivity index (χ0v) is 20.2. The van der Waals surface area contributed by atoms with E-state index >= 15 is 0 Å². The molecule has 0 saturated carbocycles. The summed E-state index contributed by atoms with van der Waals surface area (Å²) in [7, 11) is 0. The maximum Gasteiger partial charge on any atom is 0.338 e. The number of pyridine rings is 1. The predicted molar refractivity (Wildman–Crippen MR) is 137 cm³/mol. The van der Waals surface area contributed by atoms with Crippen molar-refractivity contribution in [2.24, 2.45) is 4.99 Å². The molecule has 0 saturated heterocycles. The van der Waals surface area contributed by atoms with Crippen LogP contribution in [0.1, 0.15) is 31.0 Å². The van der Waals surface area contributed by atoms with Crippen molar-refractivity contribution in [1.29, 1.82) is 0 Å². The highest BCUT2D eigenvalue weighted by Crippen LogP contribution is 2.32. The molecule has 7 heteroatoms. The van der Waals surface area contributed by atoms with Crippen molar-refractivity contribution in [3.8, 4) is 11.1 Å². The fourth-order valence-electron chi connectivity index (χ4n) is 4.21. The molecule has 0 N–H and O–H groups in total. The molecule has 1 aliphatic heterocycles. The van der Waals surface area contributed by atoms with Gasteiger partial charge in [-0.3, -0.25) is 14.3 Å². The smallest absolute Gasteiger partial charge is 0.338 e. The van der Waals surface area contributed by atoms with Gasteiger partial charge in [0.1, 0.15) is 0 Å². The first-order valence-corrected chi connectivity index (χ1v) is 12.1. The van der Waals surface area contributed by atoms with Crippen molar-refractivity contribution in [3.63, 3.8) is 0 Å². The first-order chi connectivity index (χ1) is 17.1. The molecule has 0 aliphatic carbocycles. The van der Waals surface area contributed by atoms with Crippen LogP contribution in [-0.2, 0) is 9.53 Å². The summed E-state index contributed by atoms with van der Waals surface area (Å²) in [5.41, 5.74) is 4.57. The van der Waals surface area contributed by atoms with Gasteiger partial charge in [-0.2, -0.15) is 0 Å². The topological polar surface area (TPSA) is 73.6 Å². The van der Waals surface area contributed by atoms with E-state index in [0.717, 1.165) is 22.3 Å². The monoisotopic (exact) mass is 481 g/mol. The van der Waals surface area contributed by atoms with Crippen LogP contribution in [0, 0.1) is 0 Å². The molecule has 0 fully saturated rings. The Morgan fingerprint density at radius 3 is 2.40 bits per heavy atom. The second-order valence-electron chi connectivity index (χ2n) is 8.07. The summed E-state index contributed by atoms with van der Waals surface area (Å²) >= 11 is 1.31. The standard InChI is InChI=1S/C28H23N3O3S/c1-3-34-27(33)24-18(2)30-28-31(26(32)23(35-28)17-19-13-15-29-16-14-19)25(24)22-11-9-21(10-12-22)20-7-5-4-6-8-20/h4-17,25H,3H2,1-2H3/b23-17-. The number of carbonyl (C=O) groups excluding carboxylic acids is 1. The Hall–Kier alpha value is -4.10. The molecule has 6 nitrogen and oxygen atoms in total. The molecular formula is C28H23N3O3S.